The van der Waals surface area contributed by atoms with E-state index < -0.39 is 12.0 Å². The number of nitrogens with zero attached hydrogens (tertiary/aromatic N) is 1. The highest BCUT2D eigenvalue weighted by molar-refractivity contribution is 7.80. The zero-order valence-corrected chi connectivity index (χ0v) is 14.9. The van der Waals surface area contributed by atoms with Gasteiger partial charge in [-0.05, 0) is 22.9 Å². The Kier molecular flexibility index (Phi) is 5.18. The average molecular weight is 359 g/mol. The minimum atomic E-state index is -0.996. The van der Waals surface area contributed by atoms with E-state index in [0.29, 0.717) is 11.5 Å². The largest absolute Gasteiger partial charge is 0.488 e. The number of carboxylic acid groups (broad SMARTS) is 1. The van der Waals surface area contributed by atoms with Crippen LogP contribution in [0.25, 0.3) is 10.8 Å². The molecule has 1 amide bonds. The van der Waals surface area contributed by atoms with E-state index in [1.165, 1.54) is 4.90 Å². The molecule has 3 rings (SSSR count). The average Bonchev–Trinajstić information content (AvgIpc) is 3.04. The molecule has 0 bridgehead atoms. The van der Waals surface area contributed by atoms with Crippen molar-refractivity contribution in [2.75, 3.05) is 12.3 Å². The van der Waals surface area contributed by atoms with Gasteiger partial charge in [0.2, 0.25) is 5.91 Å². The van der Waals surface area contributed by atoms with Gasteiger partial charge in [0.05, 0.1) is 6.54 Å². The molecule has 2 aromatic carbocycles. The van der Waals surface area contributed by atoms with Crippen molar-refractivity contribution < 1.29 is 19.4 Å². The highest BCUT2D eigenvalue weighted by Crippen LogP contribution is 2.27. The number of benzene rings is 2. The lowest BCUT2D eigenvalue weighted by Crippen LogP contribution is -2.43. The number of carbonyl (C=O) groups is 2. The van der Waals surface area contributed by atoms with E-state index in [1.54, 1.807) is 6.92 Å². The normalized spacial score (nSPS) is 21.3. The fourth-order valence-electron chi connectivity index (χ4n) is 3.15. The van der Waals surface area contributed by atoms with Gasteiger partial charge >= 0.3 is 5.97 Å². The van der Waals surface area contributed by atoms with Crippen LogP contribution in [-0.4, -0.2) is 46.3 Å². The summed E-state index contributed by atoms with van der Waals surface area (Å²) >= 11 is 4.14. The van der Waals surface area contributed by atoms with Crippen LogP contribution >= 0.6 is 12.6 Å². The summed E-state index contributed by atoms with van der Waals surface area (Å²) in [6.07, 6.45) is -0.0500. The molecule has 1 aliphatic heterocycles. The minimum absolute atomic E-state index is 0.188. The highest BCUT2D eigenvalue weighted by Gasteiger charge is 2.41. The number of likely N-dealkylation sites (tertiary alicyclic amines) is 1. The molecule has 5 nitrogen and oxygen atoms in total. The third-order valence-electron chi connectivity index (χ3n) is 4.55. The lowest BCUT2D eigenvalue weighted by Gasteiger charge is -2.24. The first-order chi connectivity index (χ1) is 12.0. The number of thiol groups is 1. The number of ether oxygens (including phenoxy) is 1. The minimum Gasteiger partial charge on any atom is -0.488 e. The van der Waals surface area contributed by atoms with Crippen molar-refractivity contribution in [1.29, 1.82) is 0 Å². The molecule has 132 valence electrons. The molecule has 25 heavy (non-hydrogen) atoms. The van der Waals surface area contributed by atoms with E-state index in [4.69, 9.17) is 4.74 Å². The molecule has 0 aromatic heterocycles. The second-order valence-electron chi connectivity index (χ2n) is 6.41. The van der Waals surface area contributed by atoms with Gasteiger partial charge in [-0.1, -0.05) is 37.3 Å². The van der Waals surface area contributed by atoms with Crippen molar-refractivity contribution in [3.8, 4) is 5.75 Å². The maximum atomic E-state index is 12.4. The maximum absolute atomic E-state index is 12.4. The molecule has 1 N–H and O–H groups in total. The Bertz CT molecular complexity index is 794. The molecule has 0 unspecified atom stereocenters. The first kappa shape index (κ1) is 17.6. The summed E-state index contributed by atoms with van der Waals surface area (Å²) in [6, 6.07) is 12.9. The smallest absolute Gasteiger partial charge is 0.326 e. The van der Waals surface area contributed by atoms with Crippen LogP contribution in [0.15, 0.2) is 42.5 Å². The second-order valence-corrected chi connectivity index (χ2v) is 6.78. The van der Waals surface area contributed by atoms with Gasteiger partial charge in [-0.25, -0.2) is 4.79 Å². The van der Waals surface area contributed by atoms with Crippen LogP contribution in [0.5, 0.6) is 5.75 Å². The highest BCUT2D eigenvalue weighted by atomic mass is 32.1. The molecule has 0 spiro atoms. The summed E-state index contributed by atoms with van der Waals surface area (Å²) < 4.78 is 5.98. The molecule has 2 aromatic rings. The van der Waals surface area contributed by atoms with E-state index in [2.05, 4.69) is 12.6 Å². The number of aliphatic carboxylic acids is 1. The molecule has 1 aliphatic rings. The number of carbonyl (C=O) groups excluding carboxylic acids is 1. The number of hydrogen-bond donors (Lipinski definition) is 2. The Morgan fingerprint density at radius 2 is 2.00 bits per heavy atom. The van der Waals surface area contributed by atoms with Crippen molar-refractivity contribution in [2.45, 2.75) is 25.5 Å². The number of hydrogen-bond acceptors (Lipinski definition) is 4. The SMILES string of the molecule is C[C@H](CS)C(=O)N1C[C@@H](Oc2ccc3ccccc3c2)C[C@H]1C(=O)O. The first-order valence-electron chi connectivity index (χ1n) is 8.29. The van der Waals surface area contributed by atoms with Gasteiger partial charge in [0, 0.05) is 18.1 Å². The monoisotopic (exact) mass is 359 g/mol. The Morgan fingerprint density at radius 1 is 1.28 bits per heavy atom. The molecule has 6 heteroatoms. The van der Waals surface area contributed by atoms with E-state index in [1.807, 2.05) is 42.5 Å². The standard InChI is InChI=1S/C19H21NO4S/c1-12(11-25)18(21)20-10-16(9-17(20)19(22)23)24-15-7-6-13-4-2-3-5-14(13)8-15/h2-8,12,16-17,25H,9-11H2,1H3,(H,22,23)/t12-,16+,17+/m1/s1. The number of amides is 1. The van der Waals surface area contributed by atoms with E-state index in [9.17, 15) is 14.7 Å². The van der Waals surface area contributed by atoms with Crippen molar-refractivity contribution >= 4 is 35.3 Å². The van der Waals surface area contributed by atoms with Crippen LogP contribution in [-0.2, 0) is 9.59 Å². The number of fused-ring (bicyclic) bond motifs is 1. The van der Waals surface area contributed by atoms with Gasteiger partial charge in [0.1, 0.15) is 17.9 Å². The van der Waals surface area contributed by atoms with Crippen molar-refractivity contribution in [3.05, 3.63) is 42.5 Å². The molecule has 0 radical (unpaired) electrons. The van der Waals surface area contributed by atoms with Crippen molar-refractivity contribution in [2.24, 2.45) is 5.92 Å². The van der Waals surface area contributed by atoms with Crippen LogP contribution in [0, 0.1) is 5.92 Å². The number of carboxylic acids is 1. The molecule has 1 saturated heterocycles. The van der Waals surface area contributed by atoms with Crippen molar-refractivity contribution in [3.63, 3.8) is 0 Å². The van der Waals surface area contributed by atoms with E-state index in [-0.39, 0.29) is 30.9 Å². The zero-order chi connectivity index (χ0) is 18.0. The third-order valence-corrected chi connectivity index (χ3v) is 5.10. The van der Waals surface area contributed by atoms with Gasteiger partial charge in [-0.2, -0.15) is 12.6 Å². The maximum Gasteiger partial charge on any atom is 0.326 e. The van der Waals surface area contributed by atoms with Crippen LogP contribution in [0.1, 0.15) is 13.3 Å². The Morgan fingerprint density at radius 3 is 2.68 bits per heavy atom. The summed E-state index contributed by atoms with van der Waals surface area (Å²) in [5.74, 6) is -0.428. The van der Waals surface area contributed by atoms with Gasteiger partial charge < -0.3 is 14.7 Å². The fourth-order valence-corrected chi connectivity index (χ4v) is 3.31. The Hall–Kier alpha value is -2.21. The van der Waals surface area contributed by atoms with E-state index in [0.717, 1.165) is 10.8 Å². The van der Waals surface area contributed by atoms with Crippen LogP contribution in [0.3, 0.4) is 0 Å². The first-order valence-corrected chi connectivity index (χ1v) is 8.92. The number of rotatable bonds is 5. The van der Waals surface area contributed by atoms with Crippen molar-refractivity contribution in [1.82, 2.24) is 4.90 Å². The lowest BCUT2D eigenvalue weighted by molar-refractivity contribution is -0.149. The second kappa shape index (κ2) is 7.35. The molecule has 1 fully saturated rings. The quantitative estimate of drug-likeness (QED) is 0.806. The summed E-state index contributed by atoms with van der Waals surface area (Å²) in [6.45, 7) is 2.03. The molecule has 0 aliphatic carbocycles. The summed E-state index contributed by atoms with van der Waals surface area (Å²) in [7, 11) is 0. The molecule has 1 heterocycles. The summed E-state index contributed by atoms with van der Waals surface area (Å²) in [4.78, 5) is 25.4. The molecule has 0 saturated carbocycles. The summed E-state index contributed by atoms with van der Waals surface area (Å²) in [5.41, 5.74) is 0. The Balaban J connectivity index is 1.76. The fraction of sp³-hybridized carbons (Fsp3) is 0.368. The summed E-state index contributed by atoms with van der Waals surface area (Å²) in [5, 5.41) is 11.6. The van der Waals surface area contributed by atoms with Crippen LogP contribution in [0.2, 0.25) is 0 Å². The third kappa shape index (κ3) is 3.74. The van der Waals surface area contributed by atoms with E-state index >= 15 is 0 Å². The van der Waals surface area contributed by atoms with Gasteiger partial charge in [-0.3, -0.25) is 4.79 Å². The Labute approximate surface area is 152 Å². The predicted molar refractivity (Wildman–Crippen MR) is 99.1 cm³/mol. The topological polar surface area (TPSA) is 66.8 Å². The van der Waals surface area contributed by atoms with Gasteiger partial charge in [0.15, 0.2) is 0 Å². The van der Waals surface area contributed by atoms with Gasteiger partial charge in [0.25, 0.3) is 0 Å². The molecule has 3 atom stereocenters. The van der Waals surface area contributed by atoms with Crippen LogP contribution in [0.4, 0.5) is 0 Å². The zero-order valence-electron chi connectivity index (χ0n) is 14.0. The lowest BCUT2D eigenvalue weighted by atomic mass is 10.1. The van der Waals surface area contributed by atoms with Crippen LogP contribution < -0.4 is 4.74 Å². The molecular formula is C19H21NO4S. The van der Waals surface area contributed by atoms with Gasteiger partial charge in [-0.15, -0.1) is 0 Å². The molecular weight excluding hydrogens is 338 g/mol. The predicted octanol–water partition coefficient (Wildman–Crippen LogP) is 2.84.